The predicted octanol–water partition coefficient (Wildman–Crippen LogP) is 3.72. The molecule has 0 bridgehead atoms. The van der Waals surface area contributed by atoms with Crippen molar-refractivity contribution in [3.05, 3.63) is 59.7 Å². The molecule has 2 aromatic carbocycles. The summed E-state index contributed by atoms with van der Waals surface area (Å²) in [7, 11) is 0. The third kappa shape index (κ3) is 5.21. The van der Waals surface area contributed by atoms with E-state index >= 15 is 0 Å². The molecule has 0 saturated carbocycles. The highest BCUT2D eigenvalue weighted by molar-refractivity contribution is 5.35. The molecule has 0 aromatic heterocycles. The molecule has 2 aromatic rings. The maximum atomic E-state index is 9.12. The summed E-state index contributed by atoms with van der Waals surface area (Å²) in [6.07, 6.45) is 0. The van der Waals surface area contributed by atoms with Crippen LogP contribution < -0.4 is 10.1 Å². The van der Waals surface area contributed by atoms with Crippen LogP contribution in [0.25, 0.3) is 0 Å². The lowest BCUT2D eigenvalue weighted by Crippen LogP contribution is -2.18. The highest BCUT2D eigenvalue weighted by Crippen LogP contribution is 2.22. The molecule has 0 saturated heterocycles. The Bertz CT molecular complexity index is 549. The van der Waals surface area contributed by atoms with Gasteiger partial charge in [0.15, 0.2) is 0 Å². The standard InChI is InChI=1S/C18H23NO2/c1-14(2)11-19-12-15-6-8-17(9-7-15)21-18-5-3-4-16(10-18)13-20/h3-10,14,19-20H,11-13H2,1-2H3. The first-order valence-electron chi connectivity index (χ1n) is 7.34. The minimum Gasteiger partial charge on any atom is -0.457 e. The van der Waals surface area contributed by atoms with Crippen molar-refractivity contribution in [2.24, 2.45) is 5.92 Å². The summed E-state index contributed by atoms with van der Waals surface area (Å²) < 4.78 is 5.79. The monoisotopic (exact) mass is 285 g/mol. The number of aliphatic hydroxyl groups excluding tert-OH is 1. The molecule has 0 unspecified atom stereocenters. The molecule has 0 fully saturated rings. The van der Waals surface area contributed by atoms with Crippen LogP contribution in [0.2, 0.25) is 0 Å². The number of aliphatic hydroxyl groups is 1. The van der Waals surface area contributed by atoms with Gasteiger partial charge in [-0.3, -0.25) is 0 Å². The smallest absolute Gasteiger partial charge is 0.127 e. The first kappa shape index (κ1) is 15.5. The average Bonchev–Trinajstić information content (AvgIpc) is 2.49. The molecule has 2 N–H and O–H groups in total. The Balaban J connectivity index is 1.92. The van der Waals surface area contributed by atoms with Crippen LogP contribution in [-0.2, 0) is 13.2 Å². The lowest BCUT2D eigenvalue weighted by atomic mass is 10.2. The van der Waals surface area contributed by atoms with Gasteiger partial charge in [-0.05, 0) is 47.9 Å². The van der Waals surface area contributed by atoms with Gasteiger partial charge in [-0.2, -0.15) is 0 Å². The fourth-order valence-electron chi connectivity index (χ4n) is 2.02. The Kier molecular flexibility index (Phi) is 5.78. The maximum absolute atomic E-state index is 9.12. The predicted molar refractivity (Wildman–Crippen MR) is 85.4 cm³/mol. The van der Waals surface area contributed by atoms with Crippen LogP contribution in [0.5, 0.6) is 11.5 Å². The van der Waals surface area contributed by atoms with Crippen LogP contribution in [-0.4, -0.2) is 11.7 Å². The molecular weight excluding hydrogens is 262 g/mol. The Labute approximate surface area is 126 Å². The molecule has 3 nitrogen and oxygen atoms in total. The van der Waals surface area contributed by atoms with Crippen LogP contribution in [0.4, 0.5) is 0 Å². The molecule has 0 heterocycles. The highest BCUT2D eigenvalue weighted by atomic mass is 16.5. The minimum atomic E-state index is 0.0255. The zero-order valence-electron chi connectivity index (χ0n) is 12.7. The van der Waals surface area contributed by atoms with E-state index in [-0.39, 0.29) is 6.61 Å². The van der Waals surface area contributed by atoms with Crippen LogP contribution in [0.3, 0.4) is 0 Å². The van der Waals surface area contributed by atoms with Gasteiger partial charge in [0.2, 0.25) is 0 Å². The van der Waals surface area contributed by atoms with E-state index in [1.165, 1.54) is 5.56 Å². The van der Waals surface area contributed by atoms with E-state index in [0.29, 0.717) is 5.92 Å². The lowest BCUT2D eigenvalue weighted by Gasteiger charge is -2.09. The number of ether oxygens (including phenoxy) is 1. The molecule has 0 amide bonds. The molecule has 112 valence electrons. The van der Waals surface area contributed by atoms with Crippen molar-refractivity contribution in [1.29, 1.82) is 0 Å². The summed E-state index contributed by atoms with van der Waals surface area (Å²) in [4.78, 5) is 0. The van der Waals surface area contributed by atoms with Gasteiger partial charge in [0.1, 0.15) is 11.5 Å². The number of rotatable bonds is 7. The highest BCUT2D eigenvalue weighted by Gasteiger charge is 2.00. The fraction of sp³-hybridized carbons (Fsp3) is 0.333. The summed E-state index contributed by atoms with van der Waals surface area (Å²) in [5.74, 6) is 2.20. The average molecular weight is 285 g/mol. The topological polar surface area (TPSA) is 41.5 Å². The molecule has 3 heteroatoms. The van der Waals surface area contributed by atoms with Crippen molar-refractivity contribution in [3.63, 3.8) is 0 Å². The van der Waals surface area contributed by atoms with E-state index in [1.807, 2.05) is 36.4 Å². The Morgan fingerprint density at radius 1 is 1.00 bits per heavy atom. The summed E-state index contributed by atoms with van der Waals surface area (Å²) in [6, 6.07) is 15.6. The first-order chi connectivity index (χ1) is 10.2. The van der Waals surface area contributed by atoms with Gasteiger partial charge in [0.25, 0.3) is 0 Å². The number of benzene rings is 2. The quantitative estimate of drug-likeness (QED) is 0.814. The molecule has 0 spiro atoms. The largest absolute Gasteiger partial charge is 0.457 e. The van der Waals surface area contributed by atoms with Gasteiger partial charge in [-0.15, -0.1) is 0 Å². The van der Waals surface area contributed by atoms with Crippen molar-refractivity contribution in [2.75, 3.05) is 6.54 Å². The van der Waals surface area contributed by atoms with Crippen LogP contribution >= 0.6 is 0 Å². The molecule has 0 aliphatic carbocycles. The van der Waals surface area contributed by atoms with E-state index in [1.54, 1.807) is 0 Å². The van der Waals surface area contributed by atoms with Crippen molar-refractivity contribution < 1.29 is 9.84 Å². The first-order valence-corrected chi connectivity index (χ1v) is 7.34. The zero-order valence-corrected chi connectivity index (χ0v) is 12.7. The summed E-state index contributed by atoms with van der Waals surface area (Å²) in [6.45, 7) is 6.32. The number of hydrogen-bond donors (Lipinski definition) is 2. The van der Waals surface area contributed by atoms with Gasteiger partial charge in [-0.1, -0.05) is 38.1 Å². The Morgan fingerprint density at radius 2 is 1.76 bits per heavy atom. The van der Waals surface area contributed by atoms with Crippen LogP contribution in [0, 0.1) is 5.92 Å². The van der Waals surface area contributed by atoms with Gasteiger partial charge >= 0.3 is 0 Å². The Hall–Kier alpha value is -1.84. The molecule has 0 atom stereocenters. The minimum absolute atomic E-state index is 0.0255. The normalized spacial score (nSPS) is 10.9. The van der Waals surface area contributed by atoms with E-state index in [9.17, 15) is 0 Å². The molecule has 0 aliphatic rings. The Morgan fingerprint density at radius 3 is 2.43 bits per heavy atom. The fourth-order valence-corrected chi connectivity index (χ4v) is 2.02. The molecule has 0 aliphatic heterocycles. The van der Waals surface area contributed by atoms with Crippen molar-refractivity contribution in [2.45, 2.75) is 27.0 Å². The second-order valence-corrected chi connectivity index (χ2v) is 5.58. The summed E-state index contributed by atoms with van der Waals surface area (Å²) in [5.41, 5.74) is 2.09. The van der Waals surface area contributed by atoms with Crippen LogP contribution in [0.15, 0.2) is 48.5 Å². The van der Waals surface area contributed by atoms with Crippen molar-refractivity contribution >= 4 is 0 Å². The third-order valence-corrected chi connectivity index (χ3v) is 3.12. The summed E-state index contributed by atoms with van der Waals surface area (Å²) >= 11 is 0. The zero-order chi connectivity index (χ0) is 15.1. The SMILES string of the molecule is CC(C)CNCc1ccc(Oc2cccc(CO)c2)cc1. The summed E-state index contributed by atoms with van der Waals surface area (Å²) in [5, 5.41) is 12.5. The lowest BCUT2D eigenvalue weighted by molar-refractivity contribution is 0.281. The molecule has 0 radical (unpaired) electrons. The van der Waals surface area contributed by atoms with Gasteiger partial charge < -0.3 is 15.2 Å². The number of hydrogen-bond acceptors (Lipinski definition) is 3. The molecule has 21 heavy (non-hydrogen) atoms. The van der Waals surface area contributed by atoms with Crippen molar-refractivity contribution in [3.8, 4) is 11.5 Å². The van der Waals surface area contributed by atoms with Gasteiger partial charge in [-0.25, -0.2) is 0 Å². The second kappa shape index (κ2) is 7.81. The van der Waals surface area contributed by atoms with Gasteiger partial charge in [0, 0.05) is 6.54 Å². The van der Waals surface area contributed by atoms with Gasteiger partial charge in [0.05, 0.1) is 6.61 Å². The van der Waals surface area contributed by atoms with E-state index in [4.69, 9.17) is 9.84 Å². The van der Waals surface area contributed by atoms with Crippen molar-refractivity contribution in [1.82, 2.24) is 5.32 Å². The third-order valence-electron chi connectivity index (χ3n) is 3.12. The van der Waals surface area contributed by atoms with E-state index in [2.05, 4.69) is 31.3 Å². The molecular formula is C18H23NO2. The maximum Gasteiger partial charge on any atom is 0.127 e. The molecule has 2 rings (SSSR count). The second-order valence-electron chi connectivity index (χ2n) is 5.58. The van der Waals surface area contributed by atoms with E-state index < -0.39 is 0 Å². The number of nitrogens with one attached hydrogen (secondary N) is 1. The van der Waals surface area contributed by atoms with E-state index in [0.717, 1.165) is 30.2 Å². The van der Waals surface area contributed by atoms with Crippen LogP contribution in [0.1, 0.15) is 25.0 Å².